The Hall–Kier alpha value is -1.55. The van der Waals surface area contributed by atoms with Crippen LogP contribution in [0.5, 0.6) is 0 Å². The van der Waals surface area contributed by atoms with Gasteiger partial charge >= 0.3 is 17.9 Å². The van der Waals surface area contributed by atoms with E-state index in [1.807, 2.05) is 27.7 Å². The highest BCUT2D eigenvalue weighted by atomic mass is 16.7. The van der Waals surface area contributed by atoms with Crippen LogP contribution in [0, 0.1) is 70.5 Å². The van der Waals surface area contributed by atoms with Crippen LogP contribution < -0.4 is 0 Å². The smallest absolute Gasteiger partial charge is 0.317 e. The first-order valence-electron chi connectivity index (χ1n) is 19.3. The number of carbonyl (C=O) groups excluding carboxylic acids is 2. The van der Waals surface area contributed by atoms with Crippen LogP contribution in [-0.2, 0) is 28.6 Å². The zero-order valence-corrected chi connectivity index (χ0v) is 31.5. The third kappa shape index (κ3) is 8.48. The number of rotatable bonds is 16. The number of carboxylic acid groups (broad SMARTS) is 1. The van der Waals surface area contributed by atoms with Gasteiger partial charge in [0, 0.05) is 13.0 Å². The summed E-state index contributed by atoms with van der Waals surface area (Å²) in [5.74, 6) is 0.265. The van der Waals surface area contributed by atoms with Gasteiger partial charge in [-0.25, -0.2) is 0 Å². The number of hydrogen-bond donors (Lipinski definition) is 3. The van der Waals surface area contributed by atoms with Crippen LogP contribution in [-0.4, -0.2) is 64.9 Å². The van der Waals surface area contributed by atoms with Crippen molar-refractivity contribution in [2.75, 3.05) is 7.11 Å². The number of carbonyl (C=O) groups is 3. The van der Waals surface area contributed by atoms with Crippen LogP contribution in [0.4, 0.5) is 0 Å². The zero-order valence-electron chi connectivity index (χ0n) is 31.5. The van der Waals surface area contributed by atoms with E-state index in [4.69, 9.17) is 14.2 Å². The molecule has 0 spiro atoms. The average molecular weight is 681 g/mol. The zero-order chi connectivity index (χ0) is 36.1. The van der Waals surface area contributed by atoms with Crippen LogP contribution in [0.15, 0.2) is 0 Å². The van der Waals surface area contributed by atoms with Gasteiger partial charge in [0.25, 0.3) is 0 Å². The maximum absolute atomic E-state index is 13.0. The molecule has 15 atom stereocenters. The standard InChI is InChI=1S/C35H56O9.2C2H6/c1-17(36)9-7-11-21(37)12-8-10-18(2)43-33(42-6)24-14-20-13-22(24)29-23-15-25(28(20)29)30(26(23)16-35(4,5)34(40)41)27-19(3)31(38)44-32(27)39;2*1-2/h17-30,33,36-37H,7-16H2,1-6H3,(H,40,41);2*1-2H3. The molecule has 3 N–H and O–H groups in total. The molecule has 0 radical (unpaired) electrons. The number of fused-ring (bicyclic) bond motifs is 9. The molecule has 5 aliphatic rings. The summed E-state index contributed by atoms with van der Waals surface area (Å²) in [6.07, 6.45) is 7.34. The number of aliphatic carboxylic acids is 1. The van der Waals surface area contributed by atoms with E-state index >= 15 is 0 Å². The van der Waals surface area contributed by atoms with E-state index in [-0.39, 0.29) is 42.4 Å². The molecule has 0 aromatic carbocycles. The minimum absolute atomic E-state index is 0.000431. The molecule has 0 aromatic rings. The molecule has 1 saturated heterocycles. The van der Waals surface area contributed by atoms with Crippen LogP contribution >= 0.6 is 0 Å². The number of cyclic esters (lactones) is 2. The van der Waals surface area contributed by atoms with Gasteiger partial charge < -0.3 is 29.5 Å². The predicted molar refractivity (Wildman–Crippen MR) is 184 cm³/mol. The van der Waals surface area contributed by atoms with Gasteiger partial charge in [-0.1, -0.05) is 34.6 Å². The van der Waals surface area contributed by atoms with Gasteiger partial charge in [-0.3, -0.25) is 14.4 Å². The molecule has 1 aliphatic heterocycles. The summed E-state index contributed by atoms with van der Waals surface area (Å²) in [4.78, 5) is 37.7. The third-order valence-corrected chi connectivity index (χ3v) is 12.6. The average Bonchev–Trinajstić information content (AvgIpc) is 3.84. The van der Waals surface area contributed by atoms with Crippen molar-refractivity contribution in [1.82, 2.24) is 0 Å². The maximum atomic E-state index is 13.0. The SMILES string of the molecule is CC.CC.COC(OC(C)CCCC(O)CCCC(C)O)C1CC2CC1C1C3CC(C(C4C(=O)OC(=O)C4C)C3CC(C)(C)C(=O)O)C21. The molecule has 5 rings (SSSR count). The number of ether oxygens (including phenoxy) is 3. The fourth-order valence-corrected chi connectivity index (χ4v) is 10.8. The van der Waals surface area contributed by atoms with Gasteiger partial charge in [-0.05, 0) is 139 Å². The van der Waals surface area contributed by atoms with Crippen molar-refractivity contribution in [3.63, 3.8) is 0 Å². The Bertz CT molecular complexity index is 1060. The number of hydrogen-bond acceptors (Lipinski definition) is 8. The Morgan fingerprint density at radius 1 is 0.875 bits per heavy atom. The number of carboxylic acids is 1. The first-order valence-corrected chi connectivity index (χ1v) is 19.3. The van der Waals surface area contributed by atoms with Gasteiger partial charge in [0.15, 0.2) is 6.29 Å². The van der Waals surface area contributed by atoms with E-state index in [0.717, 1.165) is 44.9 Å². The van der Waals surface area contributed by atoms with E-state index in [9.17, 15) is 29.7 Å². The highest BCUT2D eigenvalue weighted by Gasteiger charge is 2.71. The largest absolute Gasteiger partial charge is 0.481 e. The van der Waals surface area contributed by atoms with Gasteiger partial charge in [0.1, 0.15) is 0 Å². The molecule has 48 heavy (non-hydrogen) atoms. The molecule has 9 nitrogen and oxygen atoms in total. The summed E-state index contributed by atoms with van der Waals surface area (Å²) in [5, 5.41) is 29.8. The second-order valence-corrected chi connectivity index (χ2v) is 15.9. The van der Waals surface area contributed by atoms with E-state index < -0.39 is 35.2 Å². The van der Waals surface area contributed by atoms with E-state index in [0.29, 0.717) is 54.8 Å². The Labute approximate surface area is 290 Å². The van der Waals surface area contributed by atoms with Crippen LogP contribution in [0.2, 0.25) is 0 Å². The lowest BCUT2D eigenvalue weighted by Gasteiger charge is -2.48. The molecular formula is C39H68O9. The Morgan fingerprint density at radius 2 is 1.50 bits per heavy atom. The Kier molecular flexibility index (Phi) is 15.0. The number of aliphatic hydroxyl groups excluding tert-OH is 2. The molecule has 9 heteroatoms. The molecular weight excluding hydrogens is 612 g/mol. The normalized spacial score (nSPS) is 37.1. The highest BCUT2D eigenvalue weighted by molar-refractivity contribution is 5.96. The number of esters is 2. The first-order chi connectivity index (χ1) is 22.7. The van der Waals surface area contributed by atoms with E-state index in [2.05, 4.69) is 6.92 Å². The quantitative estimate of drug-likeness (QED) is 0.0674. The van der Waals surface area contributed by atoms with Crippen molar-refractivity contribution in [2.45, 2.75) is 151 Å². The van der Waals surface area contributed by atoms with Crippen LogP contribution in [0.25, 0.3) is 0 Å². The number of aliphatic hydroxyl groups is 2. The summed E-state index contributed by atoms with van der Waals surface area (Å²) < 4.78 is 17.6. The fourth-order valence-electron chi connectivity index (χ4n) is 10.8. The highest BCUT2D eigenvalue weighted by Crippen LogP contribution is 2.74. The molecule has 0 aromatic heterocycles. The van der Waals surface area contributed by atoms with Crippen molar-refractivity contribution in [1.29, 1.82) is 0 Å². The minimum Gasteiger partial charge on any atom is -0.481 e. The van der Waals surface area contributed by atoms with Crippen LogP contribution in [0.3, 0.4) is 0 Å². The molecule has 278 valence electrons. The first kappa shape index (κ1) is 40.9. The second-order valence-electron chi connectivity index (χ2n) is 15.9. The van der Waals surface area contributed by atoms with E-state index in [1.54, 1.807) is 34.8 Å². The van der Waals surface area contributed by atoms with Crippen molar-refractivity contribution in [3.8, 4) is 0 Å². The topological polar surface area (TPSA) is 140 Å². The predicted octanol–water partition coefficient (Wildman–Crippen LogP) is 7.11. The third-order valence-electron chi connectivity index (χ3n) is 12.6. The molecule has 5 fully saturated rings. The van der Waals surface area contributed by atoms with E-state index in [1.165, 1.54) is 0 Å². The van der Waals surface area contributed by atoms with Gasteiger partial charge in [0.2, 0.25) is 0 Å². The van der Waals surface area contributed by atoms with Crippen molar-refractivity contribution in [2.24, 2.45) is 70.5 Å². The summed E-state index contributed by atoms with van der Waals surface area (Å²) in [7, 11) is 1.73. The fraction of sp³-hybridized carbons (Fsp3) is 0.923. The summed E-state index contributed by atoms with van der Waals surface area (Å²) in [6.45, 7) is 17.2. The molecule has 1 heterocycles. The van der Waals surface area contributed by atoms with Gasteiger partial charge in [0.05, 0.1) is 35.6 Å². The monoisotopic (exact) mass is 680 g/mol. The molecule has 4 saturated carbocycles. The second kappa shape index (κ2) is 17.6. The van der Waals surface area contributed by atoms with Crippen LogP contribution in [0.1, 0.15) is 127 Å². The molecule has 4 aliphatic carbocycles. The number of methoxy groups -OCH3 is 1. The van der Waals surface area contributed by atoms with Crippen molar-refractivity contribution in [3.05, 3.63) is 0 Å². The summed E-state index contributed by atoms with van der Waals surface area (Å²) >= 11 is 0. The van der Waals surface area contributed by atoms with Crippen molar-refractivity contribution < 1.29 is 43.9 Å². The minimum atomic E-state index is -0.923. The van der Waals surface area contributed by atoms with Gasteiger partial charge in [-0.15, -0.1) is 0 Å². The summed E-state index contributed by atoms with van der Waals surface area (Å²) in [5.41, 5.74) is -0.923. The lowest BCUT2D eigenvalue weighted by atomic mass is 9.56. The lowest BCUT2D eigenvalue weighted by molar-refractivity contribution is -0.198. The Balaban J connectivity index is 0.00000151. The Morgan fingerprint density at radius 3 is 2.04 bits per heavy atom. The summed E-state index contributed by atoms with van der Waals surface area (Å²) in [6, 6.07) is 0. The molecule has 0 amide bonds. The maximum Gasteiger partial charge on any atom is 0.317 e. The molecule has 15 unspecified atom stereocenters. The lowest BCUT2D eigenvalue weighted by Crippen LogP contribution is -2.48. The van der Waals surface area contributed by atoms with Crippen molar-refractivity contribution >= 4 is 17.9 Å². The van der Waals surface area contributed by atoms with Gasteiger partial charge in [-0.2, -0.15) is 0 Å². The molecule has 4 bridgehead atoms.